The van der Waals surface area contributed by atoms with Crippen molar-refractivity contribution in [3.8, 4) is 10.8 Å². The van der Waals surface area contributed by atoms with Crippen LogP contribution < -0.4 is 4.74 Å². The van der Waals surface area contributed by atoms with Gasteiger partial charge in [-0.25, -0.2) is 9.78 Å². The Morgan fingerprint density at radius 3 is 2.67 bits per heavy atom. The number of piperazine rings is 1. The fraction of sp³-hybridized carbons (Fsp3) is 0.333. The molecule has 1 saturated heterocycles. The first-order valence-electron chi connectivity index (χ1n) is 11.9. The number of likely N-dealkylation sites (N-methyl/N-ethyl adjacent to an activating group) is 1. The van der Waals surface area contributed by atoms with Gasteiger partial charge in [0, 0.05) is 49.4 Å². The predicted octanol–water partition coefficient (Wildman–Crippen LogP) is 5.41. The highest BCUT2D eigenvalue weighted by molar-refractivity contribution is 7.16. The van der Waals surface area contributed by atoms with Crippen LogP contribution in [0, 0.1) is 0 Å². The normalized spacial score (nSPS) is 15.8. The van der Waals surface area contributed by atoms with Gasteiger partial charge in [-0.15, -0.1) is 11.3 Å². The van der Waals surface area contributed by atoms with Gasteiger partial charge >= 0.3 is 5.97 Å². The standard InChI is InChI=1S/C27H29ClN4O3S/c1-18(20-6-4-5-7-21(20)28)35-24-15-25(36-26(24)27(33)34-3)32-17-29-22-9-8-19(14-23(22)32)16-31-12-10-30(2)11-13-31/h4-9,14-15,17-18H,10-13,16H2,1-3H3/t18-/m1/s1. The summed E-state index contributed by atoms with van der Waals surface area (Å²) in [5.74, 6) is 0.0255. The minimum atomic E-state index is -0.437. The van der Waals surface area contributed by atoms with E-state index in [1.54, 1.807) is 6.33 Å². The molecule has 4 aromatic rings. The Bertz CT molecular complexity index is 1380. The molecule has 0 aliphatic carbocycles. The summed E-state index contributed by atoms with van der Waals surface area (Å²) in [7, 11) is 3.54. The molecule has 1 fully saturated rings. The van der Waals surface area contributed by atoms with Crippen LogP contribution in [0.3, 0.4) is 0 Å². The second-order valence-corrected chi connectivity index (χ2v) is 10.5. The fourth-order valence-electron chi connectivity index (χ4n) is 4.45. The number of rotatable bonds is 7. The molecule has 0 bridgehead atoms. The van der Waals surface area contributed by atoms with Crippen LogP contribution in [0.2, 0.25) is 5.02 Å². The summed E-state index contributed by atoms with van der Waals surface area (Å²) in [4.78, 5) is 22.4. The molecule has 0 spiro atoms. The number of aromatic nitrogens is 2. The van der Waals surface area contributed by atoms with Gasteiger partial charge in [0.25, 0.3) is 0 Å². The van der Waals surface area contributed by atoms with Crippen LogP contribution in [0.5, 0.6) is 5.75 Å². The lowest BCUT2D eigenvalue weighted by Gasteiger charge is -2.32. The van der Waals surface area contributed by atoms with Crippen LogP contribution in [0.15, 0.2) is 54.9 Å². The molecule has 9 heteroatoms. The van der Waals surface area contributed by atoms with Crippen LogP contribution in [0.1, 0.15) is 33.8 Å². The van der Waals surface area contributed by atoms with E-state index in [9.17, 15) is 4.79 Å². The summed E-state index contributed by atoms with van der Waals surface area (Å²) in [6.45, 7) is 7.10. The summed E-state index contributed by atoms with van der Waals surface area (Å²) in [6.07, 6.45) is 1.44. The molecule has 0 amide bonds. The predicted molar refractivity (Wildman–Crippen MR) is 144 cm³/mol. The molecule has 7 nitrogen and oxygen atoms in total. The number of thiophene rings is 1. The zero-order chi connectivity index (χ0) is 25.2. The molecule has 188 valence electrons. The topological polar surface area (TPSA) is 59.8 Å². The van der Waals surface area contributed by atoms with Crippen molar-refractivity contribution in [3.05, 3.63) is 75.9 Å². The first-order valence-corrected chi connectivity index (χ1v) is 13.1. The van der Waals surface area contributed by atoms with E-state index >= 15 is 0 Å². The maximum Gasteiger partial charge on any atom is 0.351 e. The van der Waals surface area contributed by atoms with Crippen molar-refractivity contribution in [1.29, 1.82) is 0 Å². The molecule has 2 aromatic carbocycles. The van der Waals surface area contributed by atoms with Gasteiger partial charge in [-0.1, -0.05) is 35.9 Å². The van der Waals surface area contributed by atoms with Crippen LogP contribution in [-0.2, 0) is 11.3 Å². The van der Waals surface area contributed by atoms with Crippen molar-refractivity contribution in [2.24, 2.45) is 0 Å². The van der Waals surface area contributed by atoms with Crippen molar-refractivity contribution in [3.63, 3.8) is 0 Å². The molecule has 5 rings (SSSR count). The number of imidazole rings is 1. The van der Waals surface area contributed by atoms with E-state index in [1.165, 1.54) is 24.0 Å². The molecule has 0 saturated carbocycles. The molecule has 36 heavy (non-hydrogen) atoms. The fourth-order valence-corrected chi connectivity index (χ4v) is 5.74. The third-order valence-electron chi connectivity index (χ3n) is 6.55. The molecule has 0 unspecified atom stereocenters. The lowest BCUT2D eigenvalue weighted by molar-refractivity contribution is 0.0600. The van der Waals surface area contributed by atoms with Gasteiger partial charge in [0.05, 0.1) is 18.1 Å². The summed E-state index contributed by atoms with van der Waals surface area (Å²) >= 11 is 7.69. The van der Waals surface area contributed by atoms with Crippen LogP contribution in [-0.4, -0.2) is 65.7 Å². The Labute approximate surface area is 219 Å². The van der Waals surface area contributed by atoms with Crippen molar-refractivity contribution in [2.75, 3.05) is 40.3 Å². The Balaban J connectivity index is 1.45. The summed E-state index contributed by atoms with van der Waals surface area (Å²) < 4.78 is 13.3. The number of ether oxygens (including phenoxy) is 2. The number of hydrogen-bond acceptors (Lipinski definition) is 7. The second-order valence-electron chi connectivity index (χ2n) is 9.07. The molecule has 1 atom stereocenters. The second kappa shape index (κ2) is 10.6. The molecular weight excluding hydrogens is 496 g/mol. The Morgan fingerprint density at radius 2 is 1.92 bits per heavy atom. The van der Waals surface area contributed by atoms with E-state index in [4.69, 9.17) is 21.1 Å². The molecular formula is C27H29ClN4O3S. The highest BCUT2D eigenvalue weighted by Gasteiger charge is 2.23. The van der Waals surface area contributed by atoms with E-state index < -0.39 is 5.97 Å². The van der Waals surface area contributed by atoms with Gasteiger partial charge in [-0.05, 0) is 37.7 Å². The molecule has 1 aliphatic rings. The minimum absolute atomic E-state index is 0.348. The van der Waals surface area contributed by atoms with Crippen LogP contribution in [0.4, 0.5) is 0 Å². The Kier molecular flexibility index (Phi) is 7.29. The third-order valence-corrected chi connectivity index (χ3v) is 7.99. The lowest BCUT2D eigenvalue weighted by atomic mass is 10.1. The molecule has 2 aromatic heterocycles. The van der Waals surface area contributed by atoms with Gasteiger partial charge in [0.1, 0.15) is 23.2 Å². The van der Waals surface area contributed by atoms with Crippen molar-refractivity contribution >= 4 is 39.9 Å². The number of esters is 1. The van der Waals surface area contributed by atoms with Crippen molar-refractivity contribution in [1.82, 2.24) is 19.4 Å². The number of benzene rings is 2. The Hall–Kier alpha value is -2.91. The van der Waals surface area contributed by atoms with E-state index in [-0.39, 0.29) is 6.10 Å². The van der Waals surface area contributed by atoms with E-state index in [2.05, 4.69) is 40.0 Å². The highest BCUT2D eigenvalue weighted by atomic mass is 35.5. The molecule has 3 heterocycles. The molecule has 0 radical (unpaired) electrons. The summed E-state index contributed by atoms with van der Waals surface area (Å²) in [5, 5.41) is 1.45. The smallest absolute Gasteiger partial charge is 0.351 e. The molecule has 0 N–H and O–H groups in total. The number of methoxy groups -OCH3 is 1. The van der Waals surface area contributed by atoms with Crippen LogP contribution in [0.25, 0.3) is 16.0 Å². The number of nitrogens with zero attached hydrogens (tertiary/aromatic N) is 4. The van der Waals surface area contributed by atoms with Gasteiger partial charge in [-0.3, -0.25) is 9.47 Å². The van der Waals surface area contributed by atoms with Gasteiger partial charge in [0.2, 0.25) is 0 Å². The third kappa shape index (κ3) is 5.13. The van der Waals surface area contributed by atoms with E-state index in [0.29, 0.717) is 15.6 Å². The van der Waals surface area contributed by atoms with E-state index in [0.717, 1.165) is 54.3 Å². The number of fused-ring (bicyclic) bond motifs is 1. The van der Waals surface area contributed by atoms with E-state index in [1.807, 2.05) is 41.8 Å². The first kappa shape index (κ1) is 24.8. The maximum atomic E-state index is 12.6. The zero-order valence-electron chi connectivity index (χ0n) is 20.6. The maximum absolute atomic E-state index is 12.6. The van der Waals surface area contributed by atoms with Crippen molar-refractivity contribution < 1.29 is 14.3 Å². The Morgan fingerprint density at radius 1 is 1.14 bits per heavy atom. The van der Waals surface area contributed by atoms with Crippen LogP contribution >= 0.6 is 22.9 Å². The SMILES string of the molecule is COC(=O)c1sc(-n2cnc3ccc(CN4CCN(C)CC4)cc32)cc1O[C@H](C)c1ccccc1Cl. The number of carbonyl (C=O) groups excluding carboxylic acids is 1. The van der Waals surface area contributed by atoms with Gasteiger partial charge in [-0.2, -0.15) is 0 Å². The largest absolute Gasteiger partial charge is 0.484 e. The van der Waals surface area contributed by atoms with Gasteiger partial charge in [0.15, 0.2) is 4.88 Å². The number of hydrogen-bond donors (Lipinski definition) is 0. The number of halogens is 1. The monoisotopic (exact) mass is 524 g/mol. The molecule has 1 aliphatic heterocycles. The lowest BCUT2D eigenvalue weighted by Crippen LogP contribution is -2.43. The average molecular weight is 525 g/mol. The minimum Gasteiger partial charge on any atom is -0.484 e. The summed E-state index contributed by atoms with van der Waals surface area (Å²) in [5.41, 5.74) is 3.98. The van der Waals surface area contributed by atoms with Gasteiger partial charge < -0.3 is 14.4 Å². The highest BCUT2D eigenvalue weighted by Crippen LogP contribution is 2.37. The summed E-state index contributed by atoms with van der Waals surface area (Å²) in [6, 6.07) is 15.8. The quantitative estimate of drug-likeness (QED) is 0.301. The first-order chi connectivity index (χ1) is 17.4. The zero-order valence-corrected chi connectivity index (χ0v) is 22.2. The number of carbonyl (C=O) groups is 1. The van der Waals surface area contributed by atoms with Crippen molar-refractivity contribution in [2.45, 2.75) is 19.6 Å². The average Bonchev–Trinajstić information content (AvgIpc) is 3.49.